The Balaban J connectivity index is 2.06. The number of hydrogen-bond donors (Lipinski definition) is 0. The first kappa shape index (κ1) is 17.6. The van der Waals surface area contributed by atoms with Crippen LogP contribution < -0.4 is 0 Å². The Bertz CT molecular complexity index is 955. The quantitative estimate of drug-likeness (QED) is 0.494. The van der Waals surface area contributed by atoms with Crippen LogP contribution in [0.4, 0.5) is 0 Å². The lowest BCUT2D eigenvalue weighted by Gasteiger charge is -2.10. The van der Waals surface area contributed by atoms with Crippen molar-refractivity contribution in [3.63, 3.8) is 0 Å². The van der Waals surface area contributed by atoms with Gasteiger partial charge in [-0.25, -0.2) is 14.5 Å². The maximum atomic E-state index is 12.6. The second-order valence-electron chi connectivity index (χ2n) is 6.24. The molecule has 6 heteroatoms. The maximum Gasteiger partial charge on any atom is 0.339 e. The lowest BCUT2D eigenvalue weighted by Crippen LogP contribution is -2.09. The molecule has 26 heavy (non-hydrogen) atoms. The van der Waals surface area contributed by atoms with Gasteiger partial charge in [-0.05, 0) is 26.3 Å². The maximum absolute atomic E-state index is 12.6. The van der Waals surface area contributed by atoms with Gasteiger partial charge in [0, 0.05) is 18.0 Å². The largest absolute Gasteiger partial charge is 0.462 e. The average molecular weight is 348 g/mol. The fraction of sp³-hybridized carbons (Fsp3) is 0.300. The normalized spacial score (nSPS) is 10.8. The number of rotatable bonds is 6. The van der Waals surface area contributed by atoms with Crippen molar-refractivity contribution in [1.82, 2.24) is 14.8 Å². The van der Waals surface area contributed by atoms with Crippen LogP contribution in [-0.4, -0.2) is 27.3 Å². The van der Waals surface area contributed by atoms with E-state index in [0.29, 0.717) is 35.1 Å². The van der Waals surface area contributed by atoms with E-state index >= 15 is 0 Å². The van der Waals surface area contributed by atoms with Gasteiger partial charge in [0.1, 0.15) is 0 Å². The molecule has 3 aromatic rings. The van der Waals surface area contributed by atoms with Crippen LogP contribution in [0.25, 0.3) is 22.3 Å². The Kier molecular flexibility index (Phi) is 5.28. The van der Waals surface area contributed by atoms with Crippen LogP contribution in [0.5, 0.6) is 0 Å². The van der Waals surface area contributed by atoms with Crippen molar-refractivity contribution in [2.75, 3.05) is 6.61 Å². The molecule has 6 nitrogen and oxygen atoms in total. The van der Waals surface area contributed by atoms with Crippen molar-refractivity contribution in [2.45, 2.75) is 32.7 Å². The first-order chi connectivity index (χ1) is 12.6. The molecule has 0 atom stereocenters. The number of ether oxygens (including phenoxy) is 1. The molecular weight excluding hydrogens is 328 g/mol. The van der Waals surface area contributed by atoms with Crippen molar-refractivity contribution in [3.05, 3.63) is 48.2 Å². The molecule has 0 N–H and O–H groups in total. The van der Waals surface area contributed by atoms with E-state index in [9.17, 15) is 4.79 Å². The number of nitrogens with zero attached hydrogens (tertiary/aromatic N) is 4. The summed E-state index contributed by atoms with van der Waals surface area (Å²) < 4.78 is 7.14. The highest BCUT2D eigenvalue weighted by Gasteiger charge is 2.19. The zero-order valence-corrected chi connectivity index (χ0v) is 14.8. The summed E-state index contributed by atoms with van der Waals surface area (Å²) in [6.07, 6.45) is 2.54. The highest BCUT2D eigenvalue weighted by molar-refractivity contribution is 6.03. The van der Waals surface area contributed by atoms with Gasteiger partial charge in [-0.1, -0.05) is 30.3 Å². The summed E-state index contributed by atoms with van der Waals surface area (Å²) in [6, 6.07) is 13.6. The van der Waals surface area contributed by atoms with E-state index in [2.05, 4.69) is 5.10 Å². The van der Waals surface area contributed by atoms with E-state index in [1.54, 1.807) is 16.9 Å². The third-order valence-electron chi connectivity index (χ3n) is 4.01. The van der Waals surface area contributed by atoms with Gasteiger partial charge < -0.3 is 4.74 Å². The van der Waals surface area contributed by atoms with E-state index in [4.69, 9.17) is 15.0 Å². The SMILES string of the molecule is CC(C)n1ncc2c(C(=O)OCCCC#N)cc(-c3ccccc3)nc21. The molecule has 0 aliphatic carbocycles. The van der Waals surface area contributed by atoms with E-state index in [1.165, 1.54) is 0 Å². The Labute approximate surface area is 152 Å². The molecule has 0 aliphatic heterocycles. The predicted octanol–water partition coefficient (Wildman–Crippen LogP) is 4.14. The monoisotopic (exact) mass is 348 g/mol. The number of aromatic nitrogens is 3. The summed E-state index contributed by atoms with van der Waals surface area (Å²) in [5.74, 6) is -0.421. The molecule has 1 aromatic carbocycles. The van der Waals surface area contributed by atoms with Crippen molar-refractivity contribution in [2.24, 2.45) is 0 Å². The lowest BCUT2D eigenvalue weighted by atomic mass is 10.1. The van der Waals surface area contributed by atoms with Gasteiger partial charge in [-0.3, -0.25) is 0 Å². The number of benzene rings is 1. The third kappa shape index (κ3) is 3.57. The standard InChI is InChI=1S/C20H20N4O2/c1-14(2)24-19-17(13-22-24)16(20(25)26-11-7-6-10-21)12-18(23-19)15-8-4-3-5-9-15/h3-5,8-9,12-14H,6-7,11H2,1-2H3. The molecule has 0 radical (unpaired) electrons. The first-order valence-corrected chi connectivity index (χ1v) is 8.59. The van der Waals surface area contributed by atoms with Gasteiger partial charge in [-0.15, -0.1) is 0 Å². The van der Waals surface area contributed by atoms with Gasteiger partial charge in [0.15, 0.2) is 5.65 Å². The molecule has 0 spiro atoms. The van der Waals surface area contributed by atoms with Crippen LogP contribution in [0.2, 0.25) is 0 Å². The molecule has 0 unspecified atom stereocenters. The van der Waals surface area contributed by atoms with Crippen LogP contribution in [0.1, 0.15) is 43.1 Å². The molecule has 3 rings (SSSR count). The van der Waals surface area contributed by atoms with Crippen LogP contribution in [0.3, 0.4) is 0 Å². The first-order valence-electron chi connectivity index (χ1n) is 8.59. The average Bonchev–Trinajstić information content (AvgIpc) is 3.09. The fourth-order valence-electron chi connectivity index (χ4n) is 2.72. The minimum absolute atomic E-state index is 0.116. The lowest BCUT2D eigenvalue weighted by molar-refractivity contribution is 0.0504. The highest BCUT2D eigenvalue weighted by Crippen LogP contribution is 2.26. The summed E-state index contributed by atoms with van der Waals surface area (Å²) >= 11 is 0. The third-order valence-corrected chi connectivity index (χ3v) is 4.01. The predicted molar refractivity (Wildman–Crippen MR) is 98.5 cm³/mol. The van der Waals surface area contributed by atoms with E-state index in [-0.39, 0.29) is 12.6 Å². The van der Waals surface area contributed by atoms with E-state index in [1.807, 2.05) is 50.2 Å². The second-order valence-corrected chi connectivity index (χ2v) is 6.24. The molecule has 0 saturated carbocycles. The van der Waals surface area contributed by atoms with Crippen LogP contribution in [0, 0.1) is 11.3 Å². The van der Waals surface area contributed by atoms with Crippen molar-refractivity contribution < 1.29 is 9.53 Å². The van der Waals surface area contributed by atoms with Crippen LogP contribution in [0.15, 0.2) is 42.6 Å². The minimum Gasteiger partial charge on any atom is -0.462 e. The molecule has 0 aliphatic rings. The van der Waals surface area contributed by atoms with Gasteiger partial charge in [0.2, 0.25) is 0 Å². The molecule has 2 aromatic heterocycles. The van der Waals surface area contributed by atoms with E-state index in [0.717, 1.165) is 5.56 Å². The Hall–Kier alpha value is -3.20. The fourth-order valence-corrected chi connectivity index (χ4v) is 2.72. The molecular formula is C20H20N4O2. The van der Waals surface area contributed by atoms with Crippen molar-refractivity contribution in [3.8, 4) is 17.3 Å². The number of carbonyl (C=O) groups excluding carboxylic acids is 1. The zero-order valence-electron chi connectivity index (χ0n) is 14.8. The summed E-state index contributed by atoms with van der Waals surface area (Å²) in [6.45, 7) is 4.25. The molecule has 0 amide bonds. The number of unbranched alkanes of at least 4 members (excludes halogenated alkanes) is 1. The zero-order chi connectivity index (χ0) is 18.5. The number of hydrogen-bond acceptors (Lipinski definition) is 5. The molecule has 2 heterocycles. The number of fused-ring (bicyclic) bond motifs is 1. The second kappa shape index (κ2) is 7.79. The van der Waals surface area contributed by atoms with Gasteiger partial charge in [0.25, 0.3) is 0 Å². The Morgan fingerprint density at radius 3 is 2.77 bits per heavy atom. The molecule has 132 valence electrons. The van der Waals surface area contributed by atoms with Crippen molar-refractivity contribution >= 4 is 17.0 Å². The number of esters is 1. The van der Waals surface area contributed by atoms with E-state index < -0.39 is 5.97 Å². The van der Waals surface area contributed by atoms with Crippen LogP contribution >= 0.6 is 0 Å². The van der Waals surface area contributed by atoms with Gasteiger partial charge >= 0.3 is 5.97 Å². The molecule has 0 fully saturated rings. The Morgan fingerprint density at radius 1 is 1.31 bits per heavy atom. The highest BCUT2D eigenvalue weighted by atomic mass is 16.5. The smallest absolute Gasteiger partial charge is 0.339 e. The number of pyridine rings is 1. The topological polar surface area (TPSA) is 80.8 Å². The Morgan fingerprint density at radius 2 is 2.08 bits per heavy atom. The number of carbonyl (C=O) groups is 1. The van der Waals surface area contributed by atoms with Crippen LogP contribution in [-0.2, 0) is 4.74 Å². The van der Waals surface area contributed by atoms with Gasteiger partial charge in [-0.2, -0.15) is 10.4 Å². The van der Waals surface area contributed by atoms with Crippen molar-refractivity contribution in [1.29, 1.82) is 5.26 Å². The minimum atomic E-state index is -0.421. The van der Waals surface area contributed by atoms with Gasteiger partial charge in [0.05, 0.1) is 35.5 Å². The molecule has 0 bridgehead atoms. The number of nitriles is 1. The summed E-state index contributed by atoms with van der Waals surface area (Å²) in [5, 5.41) is 13.7. The summed E-state index contributed by atoms with van der Waals surface area (Å²) in [7, 11) is 0. The summed E-state index contributed by atoms with van der Waals surface area (Å²) in [4.78, 5) is 17.3. The molecule has 0 saturated heterocycles. The summed E-state index contributed by atoms with van der Waals surface area (Å²) in [5.41, 5.74) is 2.72.